The van der Waals surface area contributed by atoms with Crippen molar-refractivity contribution in [2.45, 2.75) is 32.6 Å². The van der Waals surface area contributed by atoms with Gasteiger partial charge in [-0.15, -0.1) is 11.3 Å². The number of amides is 1. The average Bonchev–Trinajstić information content (AvgIpc) is 2.91. The smallest absolute Gasteiger partial charge is 0.311 e. The zero-order valence-electron chi connectivity index (χ0n) is 11.8. The maximum atomic E-state index is 12.4. The van der Waals surface area contributed by atoms with E-state index in [2.05, 4.69) is 19.1 Å². The lowest BCUT2D eigenvalue weighted by molar-refractivity contribution is -0.147. The lowest BCUT2D eigenvalue weighted by Crippen LogP contribution is -2.35. The van der Waals surface area contributed by atoms with Crippen molar-refractivity contribution in [3.05, 3.63) is 21.9 Å². The van der Waals surface area contributed by atoms with Crippen LogP contribution in [0.3, 0.4) is 0 Å². The van der Waals surface area contributed by atoms with E-state index in [1.54, 1.807) is 23.2 Å². The summed E-state index contributed by atoms with van der Waals surface area (Å²) in [5.74, 6) is -0.220. The number of likely N-dealkylation sites (tertiary alicyclic amines) is 1. The summed E-state index contributed by atoms with van der Waals surface area (Å²) in [4.78, 5) is 28.0. The van der Waals surface area contributed by atoms with E-state index < -0.39 is 11.4 Å². The van der Waals surface area contributed by atoms with E-state index in [1.807, 2.05) is 0 Å². The molecule has 1 aliphatic carbocycles. The number of carbonyl (C=O) groups is 2. The Morgan fingerprint density at radius 2 is 2.20 bits per heavy atom. The minimum atomic E-state index is -0.797. The highest BCUT2D eigenvalue weighted by Crippen LogP contribution is 2.51. The normalized spacial score (nSPS) is 32.4. The maximum Gasteiger partial charge on any atom is 0.311 e. The van der Waals surface area contributed by atoms with Crippen molar-refractivity contribution in [3.8, 4) is 0 Å². The van der Waals surface area contributed by atoms with E-state index in [-0.39, 0.29) is 11.8 Å². The summed E-state index contributed by atoms with van der Waals surface area (Å²) in [6.07, 6.45) is 1.47. The SMILES string of the molecule is Cc1ccc([C@@H]2C[C@@H]2C(=O)N2CC[C@@](C)(C(=O)O)C2)s1. The number of carboxylic acid groups (broad SMARTS) is 1. The molecule has 20 heavy (non-hydrogen) atoms. The van der Waals surface area contributed by atoms with Gasteiger partial charge in [0.15, 0.2) is 0 Å². The predicted octanol–water partition coefficient (Wildman–Crippen LogP) is 2.48. The van der Waals surface area contributed by atoms with Crippen molar-refractivity contribution < 1.29 is 14.7 Å². The minimum absolute atomic E-state index is 0.0733. The maximum absolute atomic E-state index is 12.4. The summed E-state index contributed by atoms with van der Waals surface area (Å²) in [5.41, 5.74) is -0.764. The number of aliphatic carboxylic acids is 1. The third kappa shape index (κ3) is 2.24. The molecule has 1 aliphatic heterocycles. The summed E-state index contributed by atoms with van der Waals surface area (Å²) in [5, 5.41) is 9.22. The number of nitrogens with zero attached hydrogens (tertiary/aromatic N) is 1. The average molecular weight is 293 g/mol. The summed E-state index contributed by atoms with van der Waals surface area (Å²) in [6.45, 7) is 4.74. The fourth-order valence-electron chi connectivity index (χ4n) is 2.99. The van der Waals surface area contributed by atoms with E-state index in [0.29, 0.717) is 25.4 Å². The van der Waals surface area contributed by atoms with Gasteiger partial charge in [-0.1, -0.05) is 0 Å². The minimum Gasteiger partial charge on any atom is -0.481 e. The van der Waals surface area contributed by atoms with E-state index in [9.17, 15) is 14.7 Å². The van der Waals surface area contributed by atoms with Crippen LogP contribution < -0.4 is 0 Å². The molecular weight excluding hydrogens is 274 g/mol. The van der Waals surface area contributed by atoms with Gasteiger partial charge in [0.25, 0.3) is 0 Å². The molecule has 0 unspecified atom stereocenters. The molecule has 0 spiro atoms. The first-order valence-corrected chi connectivity index (χ1v) is 7.81. The Morgan fingerprint density at radius 3 is 2.75 bits per heavy atom. The molecule has 2 fully saturated rings. The molecule has 1 N–H and O–H groups in total. The summed E-state index contributed by atoms with van der Waals surface area (Å²) < 4.78 is 0. The second kappa shape index (κ2) is 4.58. The van der Waals surface area contributed by atoms with Crippen LogP contribution in [0.1, 0.15) is 35.4 Å². The van der Waals surface area contributed by atoms with Gasteiger partial charge in [-0.3, -0.25) is 9.59 Å². The molecule has 1 aromatic rings. The first-order chi connectivity index (χ1) is 9.40. The van der Waals surface area contributed by atoms with Crippen molar-refractivity contribution >= 4 is 23.2 Å². The molecule has 1 amide bonds. The van der Waals surface area contributed by atoms with Crippen LogP contribution in [0.5, 0.6) is 0 Å². The zero-order chi connectivity index (χ0) is 14.5. The Bertz CT molecular complexity index is 567. The highest BCUT2D eigenvalue weighted by Gasteiger charge is 2.50. The van der Waals surface area contributed by atoms with Crippen LogP contribution >= 0.6 is 11.3 Å². The first-order valence-electron chi connectivity index (χ1n) is 6.99. The van der Waals surface area contributed by atoms with Crippen LogP contribution in [-0.2, 0) is 9.59 Å². The first kappa shape index (κ1) is 13.6. The van der Waals surface area contributed by atoms with Gasteiger partial charge in [-0.2, -0.15) is 0 Å². The number of thiophene rings is 1. The molecule has 2 heterocycles. The van der Waals surface area contributed by atoms with E-state index in [4.69, 9.17) is 0 Å². The van der Waals surface area contributed by atoms with Crippen LogP contribution in [0.25, 0.3) is 0 Å². The van der Waals surface area contributed by atoms with Crippen molar-refractivity contribution in [1.29, 1.82) is 0 Å². The van der Waals surface area contributed by atoms with Gasteiger partial charge >= 0.3 is 5.97 Å². The van der Waals surface area contributed by atoms with Gasteiger partial charge < -0.3 is 10.0 Å². The number of aryl methyl sites for hydroxylation is 1. The van der Waals surface area contributed by atoms with Gasteiger partial charge in [-0.25, -0.2) is 0 Å². The number of carboxylic acids is 1. The molecule has 1 saturated carbocycles. The monoisotopic (exact) mass is 293 g/mol. The van der Waals surface area contributed by atoms with Crippen LogP contribution in [0.2, 0.25) is 0 Å². The zero-order valence-corrected chi connectivity index (χ0v) is 12.6. The Morgan fingerprint density at radius 1 is 1.45 bits per heavy atom. The number of carbonyl (C=O) groups excluding carboxylic acids is 1. The van der Waals surface area contributed by atoms with Gasteiger partial charge in [0, 0.05) is 34.7 Å². The standard InChI is InChI=1S/C15H19NO3S/c1-9-3-4-12(20-9)10-7-11(10)13(17)16-6-5-15(2,8-16)14(18)19/h3-4,10-11H,5-8H2,1-2H3,(H,18,19)/t10-,11+,15-/m1/s1. The van der Waals surface area contributed by atoms with E-state index >= 15 is 0 Å². The third-order valence-electron chi connectivity index (χ3n) is 4.54. The summed E-state index contributed by atoms with van der Waals surface area (Å²) >= 11 is 1.76. The molecule has 0 bridgehead atoms. The summed E-state index contributed by atoms with van der Waals surface area (Å²) in [7, 11) is 0. The van der Waals surface area contributed by atoms with Crippen LogP contribution in [-0.4, -0.2) is 35.0 Å². The van der Waals surface area contributed by atoms with Crippen molar-refractivity contribution in [2.75, 3.05) is 13.1 Å². The van der Waals surface area contributed by atoms with Crippen LogP contribution in [0, 0.1) is 18.3 Å². The van der Waals surface area contributed by atoms with Crippen LogP contribution in [0.15, 0.2) is 12.1 Å². The fraction of sp³-hybridized carbons (Fsp3) is 0.600. The second-order valence-electron chi connectivity index (χ2n) is 6.27. The number of hydrogen-bond acceptors (Lipinski definition) is 3. The Kier molecular flexibility index (Phi) is 3.12. The van der Waals surface area contributed by atoms with Crippen molar-refractivity contribution in [2.24, 2.45) is 11.3 Å². The Balaban J connectivity index is 1.63. The molecule has 108 valence electrons. The van der Waals surface area contributed by atoms with Gasteiger partial charge in [0.2, 0.25) is 5.91 Å². The van der Waals surface area contributed by atoms with Gasteiger partial charge in [0.05, 0.1) is 5.41 Å². The van der Waals surface area contributed by atoms with Crippen molar-refractivity contribution in [3.63, 3.8) is 0 Å². The Labute approximate surface area is 122 Å². The molecule has 3 atom stereocenters. The highest BCUT2D eigenvalue weighted by molar-refractivity contribution is 7.12. The second-order valence-corrected chi connectivity index (χ2v) is 7.59. The predicted molar refractivity (Wildman–Crippen MR) is 76.8 cm³/mol. The van der Waals surface area contributed by atoms with Gasteiger partial charge in [0.1, 0.15) is 0 Å². The molecule has 0 radical (unpaired) electrons. The van der Waals surface area contributed by atoms with E-state index in [0.717, 1.165) is 6.42 Å². The topological polar surface area (TPSA) is 57.6 Å². The lowest BCUT2D eigenvalue weighted by atomic mass is 9.90. The van der Waals surface area contributed by atoms with E-state index in [1.165, 1.54) is 9.75 Å². The number of rotatable bonds is 3. The van der Waals surface area contributed by atoms with Crippen molar-refractivity contribution in [1.82, 2.24) is 4.90 Å². The molecule has 4 nitrogen and oxygen atoms in total. The molecular formula is C15H19NO3S. The number of hydrogen-bond donors (Lipinski definition) is 1. The summed E-state index contributed by atoms with van der Waals surface area (Å²) in [6, 6.07) is 4.21. The molecule has 2 aliphatic rings. The quantitative estimate of drug-likeness (QED) is 0.931. The van der Waals surface area contributed by atoms with Crippen LogP contribution in [0.4, 0.5) is 0 Å². The highest BCUT2D eigenvalue weighted by atomic mass is 32.1. The fourth-order valence-corrected chi connectivity index (χ4v) is 4.05. The molecule has 0 aromatic carbocycles. The Hall–Kier alpha value is -1.36. The lowest BCUT2D eigenvalue weighted by Gasteiger charge is -2.20. The van der Waals surface area contributed by atoms with Gasteiger partial charge in [-0.05, 0) is 38.8 Å². The molecule has 1 saturated heterocycles. The molecule has 1 aromatic heterocycles. The third-order valence-corrected chi connectivity index (χ3v) is 5.67. The molecule has 5 heteroatoms. The largest absolute Gasteiger partial charge is 0.481 e. The molecule has 3 rings (SSSR count).